The number of hydrogen-bond acceptors (Lipinski definition) is 3. The van der Waals surface area contributed by atoms with Crippen LogP contribution < -0.4 is 5.32 Å². The number of aromatic nitrogens is 1. The maximum absolute atomic E-state index is 12.2. The molecule has 0 saturated carbocycles. The molecule has 2 rings (SSSR count). The maximum Gasteiger partial charge on any atom is 0.229 e. The van der Waals surface area contributed by atoms with E-state index >= 15 is 0 Å². The topological polar surface area (TPSA) is 55.1 Å². The van der Waals surface area contributed by atoms with Crippen molar-refractivity contribution in [3.8, 4) is 0 Å². The monoisotopic (exact) mass is 272 g/mol. The Morgan fingerprint density at radius 3 is 2.60 bits per heavy atom. The normalized spacial score (nSPS) is 10.8. The van der Waals surface area contributed by atoms with Gasteiger partial charge in [-0.15, -0.1) is 0 Å². The molecule has 0 unspecified atom stereocenters. The molecule has 0 aliphatic rings. The highest BCUT2D eigenvalue weighted by molar-refractivity contribution is 5.93. The van der Waals surface area contributed by atoms with E-state index in [4.69, 9.17) is 4.52 Å². The van der Waals surface area contributed by atoms with Gasteiger partial charge in [-0.05, 0) is 31.4 Å². The lowest BCUT2D eigenvalue weighted by Crippen LogP contribution is -2.16. The van der Waals surface area contributed by atoms with Crippen molar-refractivity contribution in [2.45, 2.75) is 40.0 Å². The van der Waals surface area contributed by atoms with E-state index in [0.717, 1.165) is 22.5 Å². The minimum atomic E-state index is -0.0486. The fourth-order valence-electron chi connectivity index (χ4n) is 2.22. The van der Waals surface area contributed by atoms with Gasteiger partial charge >= 0.3 is 0 Å². The zero-order valence-corrected chi connectivity index (χ0v) is 12.4. The third-order valence-corrected chi connectivity index (χ3v) is 3.38. The first-order valence-electron chi connectivity index (χ1n) is 6.79. The first-order valence-corrected chi connectivity index (χ1v) is 6.79. The summed E-state index contributed by atoms with van der Waals surface area (Å²) < 4.78 is 5.08. The Bertz CT molecular complexity index is 595. The van der Waals surface area contributed by atoms with Crippen molar-refractivity contribution in [3.05, 3.63) is 46.8 Å². The van der Waals surface area contributed by atoms with Gasteiger partial charge in [-0.3, -0.25) is 4.79 Å². The standard InChI is InChI=1S/C16H20N2O2/c1-10(2)13-7-5-6-8-15(13)17-16(19)9-14-11(3)18-20-12(14)4/h5-8,10H,9H2,1-4H3,(H,17,19). The molecule has 1 aromatic heterocycles. The molecule has 0 saturated heterocycles. The molecular weight excluding hydrogens is 252 g/mol. The van der Waals surface area contributed by atoms with Crippen molar-refractivity contribution < 1.29 is 9.32 Å². The Balaban J connectivity index is 2.13. The third-order valence-electron chi connectivity index (χ3n) is 3.38. The zero-order valence-electron chi connectivity index (χ0n) is 12.4. The van der Waals surface area contributed by atoms with E-state index in [1.54, 1.807) is 0 Å². The molecule has 2 aromatic rings. The first kappa shape index (κ1) is 14.3. The second kappa shape index (κ2) is 5.90. The summed E-state index contributed by atoms with van der Waals surface area (Å²) in [5, 5.41) is 6.84. The summed E-state index contributed by atoms with van der Waals surface area (Å²) in [6.45, 7) is 7.89. The first-order chi connectivity index (χ1) is 9.49. The van der Waals surface area contributed by atoms with Crippen molar-refractivity contribution in [1.82, 2.24) is 5.16 Å². The summed E-state index contributed by atoms with van der Waals surface area (Å²) in [5.41, 5.74) is 3.65. The van der Waals surface area contributed by atoms with Crippen LogP contribution in [0.1, 0.15) is 42.3 Å². The minimum Gasteiger partial charge on any atom is -0.361 e. The molecule has 20 heavy (non-hydrogen) atoms. The number of nitrogens with zero attached hydrogens (tertiary/aromatic N) is 1. The van der Waals surface area contributed by atoms with Crippen LogP contribution in [0.25, 0.3) is 0 Å². The van der Waals surface area contributed by atoms with Gasteiger partial charge in [-0.2, -0.15) is 0 Å². The maximum atomic E-state index is 12.2. The Morgan fingerprint density at radius 2 is 2.00 bits per heavy atom. The number of aryl methyl sites for hydroxylation is 2. The average molecular weight is 272 g/mol. The summed E-state index contributed by atoms with van der Waals surface area (Å²) in [4.78, 5) is 12.2. The SMILES string of the molecule is Cc1noc(C)c1CC(=O)Nc1ccccc1C(C)C. The van der Waals surface area contributed by atoms with Crippen LogP contribution in [0.5, 0.6) is 0 Å². The molecular formula is C16H20N2O2. The molecule has 106 valence electrons. The lowest BCUT2D eigenvalue weighted by atomic mass is 10.0. The summed E-state index contributed by atoms with van der Waals surface area (Å²) in [5.74, 6) is 1.02. The molecule has 0 bridgehead atoms. The van der Waals surface area contributed by atoms with E-state index in [-0.39, 0.29) is 12.3 Å². The largest absolute Gasteiger partial charge is 0.361 e. The van der Waals surface area contributed by atoms with Gasteiger partial charge in [0, 0.05) is 11.3 Å². The number of nitrogens with one attached hydrogen (secondary N) is 1. The molecule has 0 aliphatic carbocycles. The molecule has 0 fully saturated rings. The van der Waals surface area contributed by atoms with Gasteiger partial charge in [0.1, 0.15) is 5.76 Å². The Kier molecular flexibility index (Phi) is 4.23. The predicted octanol–water partition coefficient (Wildman–Crippen LogP) is 3.60. The van der Waals surface area contributed by atoms with E-state index in [1.165, 1.54) is 0 Å². The van der Waals surface area contributed by atoms with Gasteiger partial charge < -0.3 is 9.84 Å². The van der Waals surface area contributed by atoms with Crippen LogP contribution in [0.15, 0.2) is 28.8 Å². The number of amides is 1. The molecule has 1 amide bonds. The zero-order chi connectivity index (χ0) is 14.7. The lowest BCUT2D eigenvalue weighted by Gasteiger charge is -2.13. The van der Waals surface area contributed by atoms with E-state index in [9.17, 15) is 4.79 Å². The van der Waals surface area contributed by atoms with Crippen molar-refractivity contribution in [3.63, 3.8) is 0 Å². The third kappa shape index (κ3) is 3.07. The van der Waals surface area contributed by atoms with E-state index in [2.05, 4.69) is 24.3 Å². The van der Waals surface area contributed by atoms with E-state index in [0.29, 0.717) is 11.7 Å². The second-order valence-electron chi connectivity index (χ2n) is 5.27. The van der Waals surface area contributed by atoms with Crippen LogP contribution in [0.2, 0.25) is 0 Å². The fourth-order valence-corrected chi connectivity index (χ4v) is 2.22. The fraction of sp³-hybridized carbons (Fsp3) is 0.375. The molecule has 4 nitrogen and oxygen atoms in total. The van der Waals surface area contributed by atoms with Gasteiger partial charge in [0.05, 0.1) is 12.1 Å². The highest BCUT2D eigenvalue weighted by Crippen LogP contribution is 2.24. The van der Waals surface area contributed by atoms with Crippen molar-refractivity contribution in [1.29, 1.82) is 0 Å². The minimum absolute atomic E-state index is 0.0486. The predicted molar refractivity (Wildman–Crippen MR) is 78.8 cm³/mol. The number of benzene rings is 1. The number of rotatable bonds is 4. The second-order valence-corrected chi connectivity index (χ2v) is 5.27. The molecule has 0 spiro atoms. The summed E-state index contributed by atoms with van der Waals surface area (Å²) in [6.07, 6.45) is 0.285. The molecule has 0 atom stereocenters. The summed E-state index contributed by atoms with van der Waals surface area (Å²) in [6, 6.07) is 7.88. The quantitative estimate of drug-likeness (QED) is 0.925. The van der Waals surface area contributed by atoms with Gasteiger partial charge in [0.15, 0.2) is 0 Å². The molecule has 1 aromatic carbocycles. The van der Waals surface area contributed by atoms with E-state index < -0.39 is 0 Å². The summed E-state index contributed by atoms with van der Waals surface area (Å²) in [7, 11) is 0. The van der Waals surface area contributed by atoms with Crippen molar-refractivity contribution >= 4 is 11.6 Å². The van der Waals surface area contributed by atoms with Gasteiger partial charge in [0.2, 0.25) is 5.91 Å². The number of anilines is 1. The number of carbonyl (C=O) groups excluding carboxylic acids is 1. The van der Waals surface area contributed by atoms with Crippen molar-refractivity contribution in [2.75, 3.05) is 5.32 Å². The van der Waals surface area contributed by atoms with Gasteiger partial charge in [-0.25, -0.2) is 0 Å². The molecule has 1 N–H and O–H groups in total. The van der Waals surface area contributed by atoms with Crippen LogP contribution in [-0.4, -0.2) is 11.1 Å². The molecule has 0 radical (unpaired) electrons. The number of para-hydroxylation sites is 1. The Labute approximate surface area is 119 Å². The van der Waals surface area contributed by atoms with Crippen LogP contribution in [-0.2, 0) is 11.2 Å². The van der Waals surface area contributed by atoms with E-state index in [1.807, 2.05) is 38.1 Å². The molecule has 0 aliphatic heterocycles. The Hall–Kier alpha value is -2.10. The highest BCUT2D eigenvalue weighted by Gasteiger charge is 2.15. The Morgan fingerprint density at radius 1 is 1.30 bits per heavy atom. The van der Waals surface area contributed by atoms with Crippen LogP contribution in [0, 0.1) is 13.8 Å². The smallest absolute Gasteiger partial charge is 0.229 e. The molecule has 1 heterocycles. The number of hydrogen-bond donors (Lipinski definition) is 1. The van der Waals surface area contributed by atoms with Gasteiger partial charge in [0.25, 0.3) is 0 Å². The van der Waals surface area contributed by atoms with Gasteiger partial charge in [-0.1, -0.05) is 37.2 Å². The molecule has 4 heteroatoms. The number of carbonyl (C=O) groups is 1. The average Bonchev–Trinajstić information content (AvgIpc) is 2.71. The van der Waals surface area contributed by atoms with Crippen LogP contribution in [0.4, 0.5) is 5.69 Å². The summed E-state index contributed by atoms with van der Waals surface area (Å²) >= 11 is 0. The van der Waals surface area contributed by atoms with Crippen molar-refractivity contribution in [2.24, 2.45) is 0 Å². The van der Waals surface area contributed by atoms with Crippen LogP contribution >= 0.6 is 0 Å². The van der Waals surface area contributed by atoms with Crippen LogP contribution in [0.3, 0.4) is 0 Å². The highest BCUT2D eigenvalue weighted by atomic mass is 16.5. The lowest BCUT2D eigenvalue weighted by molar-refractivity contribution is -0.115.